The van der Waals surface area contributed by atoms with Gasteiger partial charge in [0.05, 0.1) is 6.85 Å². The highest BCUT2D eigenvalue weighted by Gasteiger charge is 2.20. The number of ketones is 4. The second kappa shape index (κ2) is 32.9. The van der Waals surface area contributed by atoms with Gasteiger partial charge in [-0.1, -0.05) is 174 Å². The molecule has 1 N–H and O–H groups in total. The molecule has 0 spiro atoms. The number of halogens is 6. The van der Waals surface area contributed by atoms with Crippen LogP contribution in [-0.4, -0.2) is 60.0 Å². The standard InChI is InChI=1S/C9H8O2.3C9H8O.3C4H8Br2/c10-7-3-1-6-2-4-9(11)8(6)5-7;3*10-9-6-5-7-3-1-2-4-8(7)9;3*5-3-1-2-4-6/h1,3,5,10H,2,4H2;3*1-4H,5-6H2;3*1-4H2/i;1D,2D,3D,4D;4D;;1D2,2D2,3D2,4D2;3D2,4D2;1D2,2D2. The molecule has 0 amide bonds. The zero-order valence-electron chi connectivity index (χ0n) is 52.6. The fraction of sp³-hybridized carbons (Fsp3) is 0.417. The van der Waals surface area contributed by atoms with Gasteiger partial charge in [-0.25, -0.2) is 0 Å². The lowest BCUT2D eigenvalue weighted by Gasteiger charge is -1.96. The Hall–Kier alpha value is -1.76. The number of carbonyl (C=O) groups is 4. The van der Waals surface area contributed by atoms with Gasteiger partial charge in [-0.15, -0.1) is 0 Å². The number of phenolic OH excluding ortho intramolecular Hbond substituents is 1. The van der Waals surface area contributed by atoms with E-state index in [9.17, 15) is 19.2 Å². The average molecular weight is 1210 g/mol. The van der Waals surface area contributed by atoms with Crippen LogP contribution in [-0.2, 0) is 25.7 Å². The van der Waals surface area contributed by atoms with E-state index in [-0.39, 0.29) is 76.3 Å². The molecule has 8 rings (SSSR count). The molecule has 0 fully saturated rings. The molecule has 0 saturated heterocycles. The van der Waals surface area contributed by atoms with E-state index in [4.69, 9.17) is 33.9 Å². The van der Waals surface area contributed by atoms with E-state index in [1.165, 1.54) is 5.56 Å². The first-order chi connectivity index (χ1) is 36.3. The van der Waals surface area contributed by atoms with Crippen molar-refractivity contribution in [1.82, 2.24) is 0 Å². The van der Waals surface area contributed by atoms with E-state index in [1.807, 2.05) is 42.5 Å². The van der Waals surface area contributed by atoms with E-state index in [0.717, 1.165) is 36.0 Å². The van der Waals surface area contributed by atoms with Crippen molar-refractivity contribution in [3.05, 3.63) is 135 Å². The van der Waals surface area contributed by atoms with E-state index in [1.54, 1.807) is 18.2 Å². The quantitative estimate of drug-likeness (QED) is 0.169. The Morgan fingerprint density at radius 2 is 0.898 bits per heavy atom. The molecule has 4 aromatic rings. The first-order valence-electron chi connectivity index (χ1n) is 28.4. The molecule has 4 aromatic carbocycles. The molecule has 11 heteroatoms. The Kier molecular flexibility index (Phi) is 16.1. The van der Waals surface area contributed by atoms with Gasteiger partial charge in [0.1, 0.15) is 5.75 Å². The smallest absolute Gasteiger partial charge is 0.163 e. The number of carbonyl (C=O) groups excluding carboxylic acids is 4. The first-order valence-corrected chi connectivity index (χ1v) is 23.3. The third-order valence-electron chi connectivity index (χ3n) is 8.17. The Balaban J connectivity index is 0.000000320. The Morgan fingerprint density at radius 3 is 1.41 bits per heavy atom. The minimum Gasteiger partial charge on any atom is -0.508 e. The Bertz CT molecular complexity index is 2780. The third kappa shape index (κ3) is 20.8. The number of aryl methyl sites for hydroxylation is 3. The second-order valence-corrected chi connectivity index (χ2v) is 15.0. The molecule has 0 bridgehead atoms. The largest absolute Gasteiger partial charge is 0.508 e. The summed E-state index contributed by atoms with van der Waals surface area (Å²) in [6.45, 7) is 0. The fourth-order valence-corrected chi connectivity index (χ4v) is 6.49. The van der Waals surface area contributed by atoms with Crippen LogP contribution < -0.4 is 0 Å². The maximum Gasteiger partial charge on any atom is 0.163 e. The average Bonchev–Trinajstić information content (AvgIpc) is 4.15. The van der Waals surface area contributed by atoms with Gasteiger partial charge in [0, 0.05) is 102 Å². The van der Waals surface area contributed by atoms with Gasteiger partial charge >= 0.3 is 0 Å². The van der Waals surface area contributed by atoms with Gasteiger partial charge in [-0.3, -0.25) is 19.2 Å². The number of phenols is 1. The zero-order chi connectivity index (χ0) is 61.9. The lowest BCUT2D eigenvalue weighted by atomic mass is 10.1. The van der Waals surface area contributed by atoms with Crippen LogP contribution in [0.25, 0.3) is 0 Å². The first kappa shape index (κ1) is 28.8. The number of aromatic hydroxyl groups is 1. The topological polar surface area (TPSA) is 88.5 Å². The fourth-order valence-electron chi connectivity index (χ4n) is 5.49. The van der Waals surface area contributed by atoms with Gasteiger partial charge in [0.2, 0.25) is 0 Å². The summed E-state index contributed by atoms with van der Waals surface area (Å²) < 4.78 is 151. The number of hydrogen-bond donors (Lipinski definition) is 1. The SMILES string of the molecule is O=C1CCc2ccc(O)cc21.O=C1CCc2ccccc21.[2H]C([2H])(Br)C([2H])([2H])C([2H])([2H])C([2H])([2H])Br.[2H]C([2H])(Br)CCC([2H])([2H])Br.[2H]C([2H])(CBr)C([2H])([2H])CBr.[2H]c1c([2H])c([2H])c2c(c1[2H])CCC2=O.[2H]c1cccc2c1C(=O)CC2. The number of Topliss-reactive ketones (excluding diaryl/α,β-unsaturated/α-hetero) is 4. The molecular weight excluding hydrogens is 1140 g/mol. The Morgan fingerprint density at radius 1 is 0.458 bits per heavy atom. The van der Waals surface area contributed by atoms with Gasteiger partial charge < -0.3 is 5.11 Å². The molecule has 0 aromatic heterocycles. The molecule has 0 radical (unpaired) electrons. The molecule has 5 nitrogen and oxygen atoms in total. The van der Waals surface area contributed by atoms with Crippen LogP contribution in [0.3, 0.4) is 0 Å². The predicted molar refractivity (Wildman–Crippen MR) is 269 cm³/mol. The van der Waals surface area contributed by atoms with Crippen molar-refractivity contribution in [3.8, 4) is 5.75 Å². The number of alkyl halides is 6. The summed E-state index contributed by atoms with van der Waals surface area (Å²) in [5.41, 5.74) is 6.26. The molecule has 0 aliphatic heterocycles. The minimum atomic E-state index is -3.02. The molecule has 0 unspecified atom stereocenters. The summed E-state index contributed by atoms with van der Waals surface area (Å²) in [5.74, 6) is 0.586. The molecular formula is C48H56Br6O5. The van der Waals surface area contributed by atoms with Crippen molar-refractivity contribution < 1.29 is 53.1 Å². The van der Waals surface area contributed by atoms with Crippen LogP contribution in [0.5, 0.6) is 5.75 Å². The van der Waals surface area contributed by atoms with Crippen molar-refractivity contribution in [2.24, 2.45) is 0 Å². The third-order valence-corrected chi connectivity index (χ3v) is 9.92. The summed E-state index contributed by atoms with van der Waals surface area (Å²) in [6.07, 6.45) is -4.13. The number of rotatable bonds is 9. The van der Waals surface area contributed by atoms with E-state index in [0.29, 0.717) is 60.6 Å². The van der Waals surface area contributed by atoms with Crippen molar-refractivity contribution in [3.63, 3.8) is 0 Å². The highest BCUT2D eigenvalue weighted by atomic mass is 79.9. The van der Waals surface area contributed by atoms with E-state index in [2.05, 4.69) is 95.6 Å². The van der Waals surface area contributed by atoms with E-state index < -0.39 is 46.6 Å². The molecule has 4 aliphatic rings. The molecule has 59 heavy (non-hydrogen) atoms. The second-order valence-electron chi connectivity index (χ2n) is 11.9. The van der Waals surface area contributed by atoms with Crippen molar-refractivity contribution in [2.75, 3.05) is 31.8 Å². The van der Waals surface area contributed by atoms with Gasteiger partial charge in [-0.2, -0.15) is 0 Å². The van der Waals surface area contributed by atoms with Crippen LogP contribution in [0.4, 0.5) is 0 Å². The van der Waals surface area contributed by atoms with Gasteiger partial charge in [0.25, 0.3) is 0 Å². The number of hydrogen-bond acceptors (Lipinski definition) is 5. The summed E-state index contributed by atoms with van der Waals surface area (Å²) >= 11 is 16.1. The zero-order valence-corrected chi connectivity index (χ0v) is 41.1. The molecule has 4 aliphatic carbocycles. The summed E-state index contributed by atoms with van der Waals surface area (Å²) in [7, 11) is 0. The van der Waals surface area contributed by atoms with Crippen LogP contribution in [0, 0.1) is 0 Å². The lowest BCUT2D eigenvalue weighted by molar-refractivity contribution is 0.0986. The number of benzene rings is 4. The van der Waals surface area contributed by atoms with Gasteiger partial charge in [0.15, 0.2) is 23.1 Å². The highest BCUT2D eigenvalue weighted by Crippen LogP contribution is 2.25. The molecule has 0 saturated carbocycles. The maximum atomic E-state index is 11.4. The predicted octanol–water partition coefficient (Wildman–Crippen LogP) is 14.6. The minimum absolute atomic E-state index is 0.0125. The van der Waals surface area contributed by atoms with Crippen LogP contribution in [0.2, 0.25) is 0 Å². The van der Waals surface area contributed by atoms with Crippen molar-refractivity contribution in [2.45, 2.75) is 89.7 Å². The molecule has 0 atom stereocenters. The summed E-state index contributed by atoms with van der Waals surface area (Å²) in [4.78, 5) is 44.7. The molecule has 320 valence electrons. The Labute approximate surface area is 432 Å². The van der Waals surface area contributed by atoms with Gasteiger partial charge in [-0.05, 0) is 98.4 Å². The normalized spacial score (nSPS) is 20.5. The van der Waals surface area contributed by atoms with Crippen LogP contribution >= 0.6 is 95.6 Å². The number of fused-ring (bicyclic) bond motifs is 4. The monoisotopic (exact) mass is 1210 g/mol. The lowest BCUT2D eigenvalue weighted by Crippen LogP contribution is -1.89. The molecule has 0 heterocycles. The van der Waals surface area contributed by atoms with Crippen LogP contribution in [0.1, 0.15) is 156 Å². The van der Waals surface area contributed by atoms with E-state index >= 15 is 0 Å². The van der Waals surface area contributed by atoms with Crippen molar-refractivity contribution >= 4 is 119 Å². The highest BCUT2D eigenvalue weighted by molar-refractivity contribution is 9.10. The summed E-state index contributed by atoms with van der Waals surface area (Å²) in [6, 6.07) is 17.8. The van der Waals surface area contributed by atoms with Crippen LogP contribution in [0.15, 0.2) is 90.9 Å². The summed E-state index contributed by atoms with van der Waals surface area (Å²) in [5, 5.41) is 0.862. The van der Waals surface area contributed by atoms with Crippen molar-refractivity contribution in [1.29, 1.82) is 0 Å². The maximum absolute atomic E-state index is 11.4.